The Bertz CT molecular complexity index is 590. The molecule has 0 saturated heterocycles. The predicted molar refractivity (Wildman–Crippen MR) is 106 cm³/mol. The van der Waals surface area contributed by atoms with Crippen molar-refractivity contribution >= 4 is 6.08 Å². The Morgan fingerprint density at radius 2 is 1.96 bits per heavy atom. The monoisotopic (exact) mass is 343 g/mol. The Labute approximate surface area is 152 Å². The highest BCUT2D eigenvalue weighted by molar-refractivity contribution is 5.61. The van der Waals surface area contributed by atoms with Gasteiger partial charge in [0.05, 0.1) is 13.2 Å². The molecule has 0 radical (unpaired) electrons. The number of nitrogens with two attached hydrogens (primary N) is 1. The molecule has 0 aliphatic heterocycles. The minimum atomic E-state index is -0.579. The summed E-state index contributed by atoms with van der Waals surface area (Å²) in [6.45, 7) is 4.89. The second kappa shape index (κ2) is 9.79. The maximum Gasteiger partial charge on any atom is 0.119 e. The van der Waals surface area contributed by atoms with Gasteiger partial charge in [-0.15, -0.1) is 0 Å². The molecule has 0 fully saturated rings. The molecular weight excluding hydrogens is 310 g/mol. The maximum atomic E-state index is 9.48. The van der Waals surface area contributed by atoms with Gasteiger partial charge in [0.1, 0.15) is 5.75 Å². The van der Waals surface area contributed by atoms with E-state index in [9.17, 15) is 5.11 Å². The Morgan fingerprint density at radius 1 is 1.16 bits per heavy atom. The molecule has 3 heteroatoms. The Hall–Kier alpha value is -1.58. The van der Waals surface area contributed by atoms with Crippen LogP contribution in [0, 0.1) is 0 Å². The van der Waals surface area contributed by atoms with Crippen LogP contribution in [-0.2, 0) is 0 Å². The fourth-order valence-corrected chi connectivity index (χ4v) is 3.23. The first-order valence-corrected chi connectivity index (χ1v) is 9.57. The van der Waals surface area contributed by atoms with Crippen molar-refractivity contribution in [2.24, 2.45) is 5.73 Å². The van der Waals surface area contributed by atoms with Crippen LogP contribution in [-0.4, -0.2) is 23.9 Å². The molecule has 1 aromatic carbocycles. The lowest BCUT2D eigenvalue weighted by Crippen LogP contribution is -2.41. The molecule has 2 atom stereocenters. The van der Waals surface area contributed by atoms with Gasteiger partial charge in [0, 0.05) is 11.5 Å². The number of benzene rings is 1. The van der Waals surface area contributed by atoms with E-state index in [-0.39, 0.29) is 12.5 Å². The smallest absolute Gasteiger partial charge is 0.119 e. The van der Waals surface area contributed by atoms with Crippen LogP contribution in [0.4, 0.5) is 0 Å². The zero-order valence-corrected chi connectivity index (χ0v) is 15.7. The number of aliphatic hydroxyl groups excluding tert-OH is 1. The highest BCUT2D eigenvalue weighted by Gasteiger charge is 2.24. The normalized spacial score (nSPS) is 18.5. The van der Waals surface area contributed by atoms with E-state index in [4.69, 9.17) is 10.5 Å². The number of aliphatic hydroxyl groups is 1. The molecule has 0 aromatic heterocycles. The SMILES string of the molecule is CCCCCCCOc1ccc2c(c1)C=CC=C[C@@H]2C[C@](C)(N)CO. The zero-order chi connectivity index (χ0) is 18.1. The quantitative estimate of drug-likeness (QED) is 0.600. The molecule has 25 heavy (non-hydrogen) atoms. The minimum Gasteiger partial charge on any atom is -0.494 e. The van der Waals surface area contributed by atoms with Crippen molar-refractivity contribution in [3.63, 3.8) is 0 Å². The van der Waals surface area contributed by atoms with Crippen LogP contribution in [0.15, 0.2) is 36.4 Å². The third-order valence-electron chi connectivity index (χ3n) is 4.75. The summed E-state index contributed by atoms with van der Waals surface area (Å²) in [6.07, 6.45) is 15.3. The number of hydrogen-bond acceptors (Lipinski definition) is 3. The summed E-state index contributed by atoms with van der Waals surface area (Å²) in [4.78, 5) is 0. The van der Waals surface area contributed by atoms with Gasteiger partial charge in [-0.2, -0.15) is 0 Å². The first-order chi connectivity index (χ1) is 12.1. The highest BCUT2D eigenvalue weighted by Crippen LogP contribution is 2.33. The van der Waals surface area contributed by atoms with E-state index in [0.717, 1.165) is 18.8 Å². The van der Waals surface area contributed by atoms with Gasteiger partial charge in [-0.1, -0.05) is 63.0 Å². The lowest BCUT2D eigenvalue weighted by atomic mass is 9.84. The van der Waals surface area contributed by atoms with Crippen molar-refractivity contribution in [3.05, 3.63) is 47.6 Å². The summed E-state index contributed by atoms with van der Waals surface area (Å²) in [6, 6.07) is 6.31. The Morgan fingerprint density at radius 3 is 2.72 bits per heavy atom. The lowest BCUT2D eigenvalue weighted by molar-refractivity contribution is 0.197. The summed E-state index contributed by atoms with van der Waals surface area (Å²) in [7, 11) is 0. The van der Waals surface area contributed by atoms with Crippen LogP contribution in [0.3, 0.4) is 0 Å². The molecular formula is C22H33NO2. The second-order valence-electron chi connectivity index (χ2n) is 7.42. The molecule has 0 heterocycles. The van der Waals surface area contributed by atoms with E-state index in [0.29, 0.717) is 6.42 Å². The van der Waals surface area contributed by atoms with Gasteiger partial charge in [0.15, 0.2) is 0 Å². The average Bonchev–Trinajstić information content (AvgIpc) is 2.79. The molecule has 0 saturated carbocycles. The number of allylic oxidation sites excluding steroid dienone is 3. The van der Waals surface area contributed by atoms with Crippen LogP contribution in [0.2, 0.25) is 0 Å². The summed E-state index contributed by atoms with van der Waals surface area (Å²) < 4.78 is 5.93. The fraction of sp³-hybridized carbons (Fsp3) is 0.545. The topological polar surface area (TPSA) is 55.5 Å². The predicted octanol–water partition coefficient (Wildman–Crippen LogP) is 4.80. The zero-order valence-electron chi connectivity index (χ0n) is 15.7. The molecule has 2 rings (SSSR count). The van der Waals surface area contributed by atoms with E-state index in [1.54, 1.807) is 0 Å². The van der Waals surface area contributed by atoms with E-state index in [1.807, 2.05) is 6.92 Å². The molecule has 0 spiro atoms. The van der Waals surface area contributed by atoms with Crippen LogP contribution in [0.25, 0.3) is 6.08 Å². The molecule has 138 valence electrons. The van der Waals surface area contributed by atoms with Gasteiger partial charge in [0.2, 0.25) is 0 Å². The number of hydrogen-bond donors (Lipinski definition) is 2. The summed E-state index contributed by atoms with van der Waals surface area (Å²) in [5.41, 5.74) is 8.01. The number of fused-ring (bicyclic) bond motifs is 1. The van der Waals surface area contributed by atoms with Crippen molar-refractivity contribution in [3.8, 4) is 5.75 Å². The van der Waals surface area contributed by atoms with Crippen LogP contribution < -0.4 is 10.5 Å². The molecule has 0 amide bonds. The second-order valence-corrected chi connectivity index (χ2v) is 7.42. The fourth-order valence-electron chi connectivity index (χ4n) is 3.23. The van der Waals surface area contributed by atoms with Gasteiger partial charge in [-0.05, 0) is 43.0 Å². The number of ether oxygens (including phenoxy) is 1. The summed E-state index contributed by atoms with van der Waals surface area (Å²) in [5.74, 6) is 1.13. The first kappa shape index (κ1) is 19.7. The summed E-state index contributed by atoms with van der Waals surface area (Å²) >= 11 is 0. The molecule has 1 aliphatic carbocycles. The van der Waals surface area contributed by atoms with Crippen LogP contribution in [0.5, 0.6) is 5.75 Å². The van der Waals surface area contributed by atoms with Crippen molar-refractivity contribution in [2.45, 2.75) is 63.8 Å². The van der Waals surface area contributed by atoms with E-state index in [1.165, 1.54) is 36.8 Å². The average molecular weight is 344 g/mol. The number of rotatable bonds is 10. The third kappa shape index (κ3) is 6.33. The first-order valence-electron chi connectivity index (χ1n) is 9.57. The van der Waals surface area contributed by atoms with Gasteiger partial charge in [-0.3, -0.25) is 0 Å². The molecule has 1 aliphatic rings. The Balaban J connectivity index is 1.99. The minimum absolute atomic E-state index is 0.0146. The molecule has 1 aromatic rings. The lowest BCUT2D eigenvalue weighted by Gasteiger charge is -2.27. The highest BCUT2D eigenvalue weighted by atomic mass is 16.5. The molecule has 0 bridgehead atoms. The van der Waals surface area contributed by atoms with Crippen LogP contribution in [0.1, 0.15) is 69.4 Å². The molecule has 3 N–H and O–H groups in total. The van der Waals surface area contributed by atoms with Gasteiger partial charge in [0.25, 0.3) is 0 Å². The van der Waals surface area contributed by atoms with Crippen molar-refractivity contribution < 1.29 is 9.84 Å². The van der Waals surface area contributed by atoms with E-state index in [2.05, 4.69) is 49.4 Å². The van der Waals surface area contributed by atoms with Crippen molar-refractivity contribution in [1.29, 1.82) is 0 Å². The van der Waals surface area contributed by atoms with Crippen molar-refractivity contribution in [2.75, 3.05) is 13.2 Å². The largest absolute Gasteiger partial charge is 0.494 e. The van der Waals surface area contributed by atoms with Gasteiger partial charge in [-0.25, -0.2) is 0 Å². The summed E-state index contributed by atoms with van der Waals surface area (Å²) in [5, 5.41) is 9.48. The Kier molecular flexibility index (Phi) is 7.73. The van der Waals surface area contributed by atoms with Crippen molar-refractivity contribution in [1.82, 2.24) is 0 Å². The maximum absolute atomic E-state index is 9.48. The van der Waals surface area contributed by atoms with Gasteiger partial charge < -0.3 is 15.6 Å². The number of unbranched alkanes of at least 4 members (excludes halogenated alkanes) is 4. The third-order valence-corrected chi connectivity index (χ3v) is 4.75. The molecule has 0 unspecified atom stereocenters. The van der Waals surface area contributed by atoms with E-state index >= 15 is 0 Å². The van der Waals surface area contributed by atoms with E-state index < -0.39 is 5.54 Å². The van der Waals surface area contributed by atoms with Crippen LogP contribution >= 0.6 is 0 Å². The standard InChI is InChI=1S/C22H33NO2/c1-3-4-5-6-9-14-25-20-12-13-21-18(15-20)10-7-8-11-19(21)16-22(2,23)17-24/h7-8,10-13,15,19,24H,3-6,9,14,16-17,23H2,1-2H3/t19-,22+/m1/s1. The molecule has 3 nitrogen and oxygen atoms in total. The van der Waals surface area contributed by atoms with Gasteiger partial charge >= 0.3 is 0 Å².